The number of thiazole rings is 1. The summed E-state index contributed by atoms with van der Waals surface area (Å²) in [6.45, 7) is 5.63. The molecular weight excluding hydrogens is 398 g/mol. The maximum atomic E-state index is 12.8. The van der Waals surface area contributed by atoms with E-state index in [1.807, 2.05) is 24.4 Å². The molecule has 0 aliphatic heterocycles. The molecule has 3 rings (SSSR count). The summed E-state index contributed by atoms with van der Waals surface area (Å²) in [5.41, 5.74) is 3.98. The van der Waals surface area contributed by atoms with Crippen molar-refractivity contribution in [1.29, 1.82) is 0 Å². The maximum Gasteiger partial charge on any atom is 0.246 e. The molecule has 28 heavy (non-hydrogen) atoms. The van der Waals surface area contributed by atoms with Crippen molar-refractivity contribution >= 4 is 27.2 Å². The van der Waals surface area contributed by atoms with E-state index in [2.05, 4.69) is 25.2 Å². The molecule has 150 valence electrons. The molecule has 0 radical (unpaired) electrons. The minimum absolute atomic E-state index is 0.109. The zero-order valence-corrected chi connectivity index (χ0v) is 17.6. The van der Waals surface area contributed by atoms with Gasteiger partial charge >= 0.3 is 0 Å². The second-order valence-electron chi connectivity index (χ2n) is 6.44. The first kappa shape index (κ1) is 20.4. The Balaban J connectivity index is 1.71. The van der Waals surface area contributed by atoms with Gasteiger partial charge in [0.15, 0.2) is 5.76 Å². The first-order valence-corrected chi connectivity index (χ1v) is 11.4. The summed E-state index contributed by atoms with van der Waals surface area (Å²) in [6.07, 6.45) is 3.23. The average Bonchev–Trinajstić information content (AvgIpc) is 3.30. The monoisotopic (exact) mass is 421 g/mol. The molecule has 0 spiro atoms. The number of pyridine rings is 1. The quantitative estimate of drug-likeness (QED) is 0.545. The molecule has 3 aromatic heterocycles. The van der Waals surface area contributed by atoms with Gasteiger partial charge in [-0.25, -0.2) is 23.1 Å². The molecule has 0 bridgehead atoms. The van der Waals surface area contributed by atoms with Crippen molar-refractivity contribution in [3.05, 3.63) is 40.7 Å². The van der Waals surface area contributed by atoms with Gasteiger partial charge in [-0.1, -0.05) is 18.5 Å². The van der Waals surface area contributed by atoms with Crippen LogP contribution in [0.25, 0.3) is 11.3 Å². The molecule has 0 aliphatic rings. The molecule has 3 aromatic rings. The van der Waals surface area contributed by atoms with E-state index < -0.39 is 10.0 Å². The van der Waals surface area contributed by atoms with Crippen molar-refractivity contribution in [1.82, 2.24) is 19.8 Å². The van der Waals surface area contributed by atoms with Gasteiger partial charge in [0.2, 0.25) is 10.0 Å². The predicted octanol–water partition coefficient (Wildman–Crippen LogP) is 3.37. The van der Waals surface area contributed by atoms with Crippen LogP contribution < -0.4 is 10.0 Å². The molecule has 0 saturated heterocycles. The number of nitrogens with zero attached hydrogens (tertiary/aromatic N) is 3. The van der Waals surface area contributed by atoms with Crippen LogP contribution in [0.3, 0.4) is 0 Å². The van der Waals surface area contributed by atoms with Gasteiger partial charge in [-0.15, -0.1) is 11.3 Å². The van der Waals surface area contributed by atoms with E-state index in [1.54, 1.807) is 25.6 Å². The Morgan fingerprint density at radius 2 is 2.11 bits per heavy atom. The largest absolute Gasteiger partial charge is 0.368 e. The predicted molar refractivity (Wildman–Crippen MR) is 109 cm³/mol. The van der Waals surface area contributed by atoms with Gasteiger partial charge in [-0.05, 0) is 32.4 Å². The van der Waals surface area contributed by atoms with Crippen LogP contribution in [0, 0.1) is 13.8 Å². The summed E-state index contributed by atoms with van der Waals surface area (Å²) < 4.78 is 33.3. The zero-order chi connectivity index (χ0) is 20.1. The zero-order valence-electron chi connectivity index (χ0n) is 16.0. The van der Waals surface area contributed by atoms with Gasteiger partial charge in [-0.3, -0.25) is 0 Å². The van der Waals surface area contributed by atoms with E-state index in [0.717, 1.165) is 17.7 Å². The van der Waals surface area contributed by atoms with Gasteiger partial charge in [0.1, 0.15) is 16.4 Å². The Bertz CT molecular complexity index is 996. The summed E-state index contributed by atoms with van der Waals surface area (Å²) in [4.78, 5) is 8.73. The molecule has 1 atom stereocenters. The van der Waals surface area contributed by atoms with Crippen LogP contribution in [0.1, 0.15) is 31.2 Å². The van der Waals surface area contributed by atoms with Crippen molar-refractivity contribution in [2.45, 2.75) is 44.6 Å². The lowest BCUT2D eigenvalue weighted by atomic mass is 10.2. The molecule has 2 N–H and O–H groups in total. The molecule has 0 saturated carbocycles. The average molecular weight is 422 g/mol. The number of rotatable bonds is 9. The van der Waals surface area contributed by atoms with Crippen molar-refractivity contribution in [3.8, 4) is 11.3 Å². The van der Waals surface area contributed by atoms with Crippen LogP contribution >= 0.6 is 11.3 Å². The standard InChI is InChI=1S/C18H23N5O3S2/c1-4-5-15(23-28(24,25)18-12(2)22-26-13(18)3)9-20-17-8-14(6-7-19-17)16-10-27-11-21-16/h6-8,10-11,15,23H,4-5,9H2,1-3H3,(H,19,20). The second-order valence-corrected chi connectivity index (χ2v) is 8.81. The van der Waals surface area contributed by atoms with Crippen LogP contribution in [-0.4, -0.2) is 36.1 Å². The number of nitrogens with one attached hydrogen (secondary N) is 2. The Morgan fingerprint density at radius 3 is 2.75 bits per heavy atom. The van der Waals surface area contributed by atoms with Gasteiger partial charge in [0.25, 0.3) is 0 Å². The van der Waals surface area contributed by atoms with E-state index in [1.165, 1.54) is 11.3 Å². The number of hydrogen-bond donors (Lipinski definition) is 2. The van der Waals surface area contributed by atoms with Crippen LogP contribution in [0.15, 0.2) is 38.6 Å². The third kappa shape index (κ3) is 4.75. The molecular formula is C18H23N5O3S2. The number of aryl methyl sites for hydroxylation is 2. The van der Waals surface area contributed by atoms with Crippen LogP contribution in [0.5, 0.6) is 0 Å². The van der Waals surface area contributed by atoms with E-state index in [9.17, 15) is 8.42 Å². The van der Waals surface area contributed by atoms with Crippen molar-refractivity contribution in [2.75, 3.05) is 11.9 Å². The second kappa shape index (κ2) is 8.80. The minimum Gasteiger partial charge on any atom is -0.368 e. The molecule has 0 aromatic carbocycles. The molecule has 0 amide bonds. The summed E-state index contributed by atoms with van der Waals surface area (Å²) in [6, 6.07) is 3.50. The number of sulfonamides is 1. The minimum atomic E-state index is -3.72. The Labute approximate surface area is 168 Å². The van der Waals surface area contributed by atoms with Gasteiger partial charge in [0, 0.05) is 29.7 Å². The first-order chi connectivity index (χ1) is 13.4. The fraction of sp³-hybridized carbons (Fsp3) is 0.389. The van der Waals surface area contributed by atoms with Crippen molar-refractivity contribution < 1.29 is 12.9 Å². The summed E-state index contributed by atoms with van der Waals surface area (Å²) in [7, 11) is -3.72. The van der Waals surface area contributed by atoms with E-state index >= 15 is 0 Å². The normalized spacial score (nSPS) is 12.8. The summed E-state index contributed by atoms with van der Waals surface area (Å²) in [5, 5.41) is 8.93. The fourth-order valence-corrected chi connectivity index (χ4v) is 5.12. The lowest BCUT2D eigenvalue weighted by molar-refractivity contribution is 0.390. The van der Waals surface area contributed by atoms with Crippen molar-refractivity contribution in [3.63, 3.8) is 0 Å². The third-order valence-electron chi connectivity index (χ3n) is 4.21. The molecule has 10 heteroatoms. The smallest absolute Gasteiger partial charge is 0.246 e. The topological polar surface area (TPSA) is 110 Å². The lowest BCUT2D eigenvalue weighted by Crippen LogP contribution is -2.40. The van der Waals surface area contributed by atoms with Crippen LogP contribution in [-0.2, 0) is 10.0 Å². The van der Waals surface area contributed by atoms with Gasteiger partial charge < -0.3 is 9.84 Å². The highest BCUT2D eigenvalue weighted by Crippen LogP contribution is 2.22. The molecule has 0 aliphatic carbocycles. The highest BCUT2D eigenvalue weighted by Gasteiger charge is 2.26. The highest BCUT2D eigenvalue weighted by molar-refractivity contribution is 7.89. The molecule has 3 heterocycles. The summed E-state index contributed by atoms with van der Waals surface area (Å²) >= 11 is 1.53. The Morgan fingerprint density at radius 1 is 1.29 bits per heavy atom. The number of aromatic nitrogens is 3. The first-order valence-electron chi connectivity index (χ1n) is 8.94. The number of hydrogen-bond acceptors (Lipinski definition) is 8. The third-order valence-corrected chi connectivity index (χ3v) is 6.56. The van der Waals surface area contributed by atoms with E-state index in [-0.39, 0.29) is 16.7 Å². The van der Waals surface area contributed by atoms with E-state index in [4.69, 9.17) is 4.52 Å². The lowest BCUT2D eigenvalue weighted by Gasteiger charge is -2.19. The van der Waals surface area contributed by atoms with Crippen molar-refractivity contribution in [2.24, 2.45) is 0 Å². The van der Waals surface area contributed by atoms with Gasteiger partial charge in [0.05, 0.1) is 11.2 Å². The van der Waals surface area contributed by atoms with Gasteiger partial charge in [-0.2, -0.15) is 0 Å². The molecule has 8 nitrogen and oxygen atoms in total. The molecule has 1 unspecified atom stereocenters. The molecule has 0 fully saturated rings. The van der Waals surface area contributed by atoms with Crippen LogP contribution in [0.4, 0.5) is 5.82 Å². The highest BCUT2D eigenvalue weighted by atomic mass is 32.2. The summed E-state index contributed by atoms with van der Waals surface area (Å²) in [5.74, 6) is 0.953. The fourth-order valence-electron chi connectivity index (χ4n) is 2.96. The SMILES string of the molecule is CCCC(CNc1cc(-c2cscn2)ccn1)NS(=O)(=O)c1c(C)noc1C. The number of anilines is 1. The van der Waals surface area contributed by atoms with Crippen LogP contribution in [0.2, 0.25) is 0 Å². The maximum absolute atomic E-state index is 12.8. The van der Waals surface area contributed by atoms with E-state index in [0.29, 0.717) is 24.5 Å². The Kier molecular flexibility index (Phi) is 6.42. The Hall–Kier alpha value is -2.30.